The van der Waals surface area contributed by atoms with E-state index in [1.54, 1.807) is 5.01 Å². The van der Waals surface area contributed by atoms with Gasteiger partial charge in [-0.1, -0.05) is 12.1 Å². The molecule has 0 saturated heterocycles. The molecule has 2 aromatic carbocycles. The molecule has 6 heteroatoms. The van der Waals surface area contributed by atoms with E-state index in [9.17, 15) is 5.11 Å². The maximum atomic E-state index is 10.6. The van der Waals surface area contributed by atoms with Gasteiger partial charge in [0.1, 0.15) is 17.3 Å². The lowest BCUT2D eigenvalue weighted by molar-refractivity contribution is 0.474. The van der Waals surface area contributed by atoms with Crippen molar-refractivity contribution in [3.8, 4) is 5.75 Å². The van der Waals surface area contributed by atoms with E-state index in [2.05, 4.69) is 39.9 Å². The smallest absolute Gasteiger partial charge is 0.142 e. The Hall–Kier alpha value is -2.89. The summed E-state index contributed by atoms with van der Waals surface area (Å²) in [7, 11) is 10.0. The number of hydrogen-bond acceptors (Lipinski definition) is 5. The van der Waals surface area contributed by atoms with Gasteiger partial charge in [-0.3, -0.25) is 5.01 Å². The number of amidine groups is 1. The maximum absolute atomic E-state index is 10.6. The summed E-state index contributed by atoms with van der Waals surface area (Å²) in [5.41, 5.74) is 5.30. The van der Waals surface area contributed by atoms with Crippen LogP contribution in [0.4, 0.5) is 22.7 Å². The lowest BCUT2D eigenvalue weighted by Crippen LogP contribution is -2.28. The van der Waals surface area contributed by atoms with Gasteiger partial charge in [-0.25, -0.2) is 0 Å². The molecule has 0 aliphatic carbocycles. The van der Waals surface area contributed by atoms with Crippen molar-refractivity contribution in [3.63, 3.8) is 0 Å². The second-order valence-electron chi connectivity index (χ2n) is 7.61. The fraction of sp³-hybridized carbons (Fsp3) is 0.409. The molecule has 150 valence electrons. The van der Waals surface area contributed by atoms with E-state index in [0.29, 0.717) is 0 Å². The Balaban J connectivity index is 1.89. The molecule has 0 unspecified atom stereocenters. The van der Waals surface area contributed by atoms with Gasteiger partial charge in [0, 0.05) is 53.5 Å². The zero-order valence-electron chi connectivity index (χ0n) is 17.8. The monoisotopic (exact) mass is 381 g/mol. The van der Waals surface area contributed by atoms with Crippen molar-refractivity contribution in [3.05, 3.63) is 42.0 Å². The molecule has 0 amide bonds. The molecule has 0 bridgehead atoms. The molecule has 0 radical (unpaired) electrons. The fourth-order valence-corrected chi connectivity index (χ4v) is 3.69. The normalized spacial score (nSPS) is 13.9. The van der Waals surface area contributed by atoms with E-state index < -0.39 is 0 Å². The van der Waals surface area contributed by atoms with Crippen molar-refractivity contribution in [1.82, 2.24) is 0 Å². The van der Waals surface area contributed by atoms with Crippen LogP contribution in [0.25, 0.3) is 0 Å². The first-order chi connectivity index (χ1) is 13.3. The van der Waals surface area contributed by atoms with E-state index in [0.717, 1.165) is 48.0 Å². The number of para-hydroxylation sites is 2. The highest BCUT2D eigenvalue weighted by Gasteiger charge is 2.19. The van der Waals surface area contributed by atoms with Crippen molar-refractivity contribution >= 4 is 28.6 Å². The van der Waals surface area contributed by atoms with E-state index in [4.69, 9.17) is 5.10 Å². The number of anilines is 4. The van der Waals surface area contributed by atoms with Crippen LogP contribution >= 0.6 is 0 Å². The van der Waals surface area contributed by atoms with Crippen LogP contribution in [0.2, 0.25) is 0 Å². The Morgan fingerprint density at radius 2 is 1.71 bits per heavy atom. The van der Waals surface area contributed by atoms with Crippen LogP contribution in [-0.4, -0.2) is 52.7 Å². The average Bonchev–Trinajstić information content (AvgIpc) is 2.67. The van der Waals surface area contributed by atoms with Crippen molar-refractivity contribution in [1.29, 1.82) is 0 Å². The Labute approximate surface area is 168 Å². The van der Waals surface area contributed by atoms with Gasteiger partial charge in [0.25, 0.3) is 0 Å². The van der Waals surface area contributed by atoms with Gasteiger partial charge in [0.2, 0.25) is 0 Å². The molecule has 0 saturated carbocycles. The van der Waals surface area contributed by atoms with Crippen LogP contribution in [0.15, 0.2) is 41.5 Å². The molecule has 6 nitrogen and oxygen atoms in total. The average molecular weight is 382 g/mol. The minimum absolute atomic E-state index is 0.253. The predicted molar refractivity (Wildman–Crippen MR) is 120 cm³/mol. The summed E-state index contributed by atoms with van der Waals surface area (Å²) in [6, 6.07) is 12.2. The van der Waals surface area contributed by atoms with E-state index >= 15 is 0 Å². The summed E-state index contributed by atoms with van der Waals surface area (Å²) in [5, 5.41) is 17.1. The highest BCUT2D eigenvalue weighted by molar-refractivity contribution is 5.99. The Morgan fingerprint density at radius 3 is 2.39 bits per heavy atom. The number of nitrogens with zero attached hydrogens (tertiary/aromatic N) is 5. The number of hydrazone groups is 1. The van der Waals surface area contributed by atoms with Gasteiger partial charge < -0.3 is 19.8 Å². The third-order valence-corrected chi connectivity index (χ3v) is 5.38. The van der Waals surface area contributed by atoms with Crippen molar-refractivity contribution in [2.24, 2.45) is 5.10 Å². The molecular weight excluding hydrogens is 350 g/mol. The first kappa shape index (κ1) is 19.9. The zero-order valence-corrected chi connectivity index (χ0v) is 17.8. The lowest BCUT2D eigenvalue weighted by Gasteiger charge is -2.30. The van der Waals surface area contributed by atoms with Crippen LogP contribution < -0.4 is 19.7 Å². The Kier molecular flexibility index (Phi) is 5.68. The minimum Gasteiger partial charge on any atom is -0.506 e. The van der Waals surface area contributed by atoms with E-state index in [1.165, 1.54) is 5.56 Å². The third kappa shape index (κ3) is 3.86. The fourth-order valence-electron chi connectivity index (χ4n) is 3.69. The highest BCUT2D eigenvalue weighted by atomic mass is 16.3. The molecule has 28 heavy (non-hydrogen) atoms. The number of rotatable bonds is 4. The van der Waals surface area contributed by atoms with Gasteiger partial charge >= 0.3 is 0 Å². The second-order valence-corrected chi connectivity index (χ2v) is 7.61. The zero-order chi connectivity index (χ0) is 20.4. The number of phenolic OH excluding ortho intramolecular Hbond substituents is 1. The summed E-state index contributed by atoms with van der Waals surface area (Å²) in [6.07, 6.45) is 2.16. The van der Waals surface area contributed by atoms with Crippen LogP contribution in [0.1, 0.15) is 18.9 Å². The van der Waals surface area contributed by atoms with Crippen molar-refractivity contribution in [2.45, 2.75) is 19.8 Å². The molecule has 3 rings (SSSR count). The number of hydrogen-bond donors (Lipinski definition) is 1. The predicted octanol–water partition coefficient (Wildman–Crippen LogP) is 3.75. The van der Waals surface area contributed by atoms with Crippen LogP contribution in [0.3, 0.4) is 0 Å². The summed E-state index contributed by atoms with van der Waals surface area (Å²) >= 11 is 0. The summed E-state index contributed by atoms with van der Waals surface area (Å²) in [6.45, 7) is 3.00. The third-order valence-electron chi connectivity index (χ3n) is 5.38. The molecule has 0 fully saturated rings. The van der Waals surface area contributed by atoms with Crippen molar-refractivity contribution < 1.29 is 5.11 Å². The molecule has 1 aliphatic rings. The molecule has 1 N–H and O–H groups in total. The first-order valence-corrected chi connectivity index (χ1v) is 9.65. The lowest BCUT2D eigenvalue weighted by atomic mass is 10.0. The maximum Gasteiger partial charge on any atom is 0.142 e. The van der Waals surface area contributed by atoms with Gasteiger partial charge in [-0.05, 0) is 43.5 Å². The molecule has 0 atom stereocenters. The number of benzene rings is 2. The molecule has 1 heterocycles. The Morgan fingerprint density at radius 1 is 1.04 bits per heavy atom. The van der Waals surface area contributed by atoms with Crippen LogP contribution in [-0.2, 0) is 6.42 Å². The van der Waals surface area contributed by atoms with Gasteiger partial charge in [-0.15, -0.1) is 0 Å². The van der Waals surface area contributed by atoms with Gasteiger partial charge in [0.15, 0.2) is 0 Å². The van der Waals surface area contributed by atoms with E-state index in [1.807, 2.05) is 53.3 Å². The molecule has 1 aliphatic heterocycles. The molecule has 0 aromatic heterocycles. The van der Waals surface area contributed by atoms with Crippen LogP contribution in [0, 0.1) is 0 Å². The molecular formula is C22H31N5O. The standard InChI is InChI=1S/C22H31N5O/c1-16(26(5)19-12-8-7-11-18(19)24(2)3)23-27(6)21-14-17-10-9-13-25(4)20(17)15-22(21)28/h7-8,11-12,14-15,28H,9-10,13H2,1-6H3/b23-16+. The van der Waals surface area contributed by atoms with E-state index in [-0.39, 0.29) is 5.75 Å². The number of fused-ring (bicyclic) bond motifs is 1. The Bertz CT molecular complexity index is 877. The first-order valence-electron chi connectivity index (χ1n) is 9.65. The van der Waals surface area contributed by atoms with Crippen LogP contribution in [0.5, 0.6) is 5.75 Å². The molecule has 0 spiro atoms. The van der Waals surface area contributed by atoms with Gasteiger partial charge in [-0.2, -0.15) is 5.10 Å². The SMILES string of the molecule is C/C(=N\N(C)c1cc2c(cc1O)N(C)CCC2)N(C)c1ccccc1N(C)C. The quantitative estimate of drug-likeness (QED) is 0.496. The number of phenols is 1. The summed E-state index contributed by atoms with van der Waals surface area (Å²) in [4.78, 5) is 6.35. The number of aromatic hydroxyl groups is 1. The topological polar surface area (TPSA) is 45.6 Å². The highest BCUT2D eigenvalue weighted by Crippen LogP contribution is 2.37. The summed E-state index contributed by atoms with van der Waals surface area (Å²) in [5.74, 6) is 1.09. The number of aryl methyl sites for hydroxylation is 1. The van der Waals surface area contributed by atoms with Gasteiger partial charge in [0.05, 0.1) is 11.4 Å². The largest absolute Gasteiger partial charge is 0.506 e. The second kappa shape index (κ2) is 8.00. The minimum atomic E-state index is 0.253. The summed E-state index contributed by atoms with van der Waals surface area (Å²) < 4.78 is 0. The van der Waals surface area contributed by atoms with Crippen molar-refractivity contribution in [2.75, 3.05) is 61.5 Å². The molecule has 2 aromatic rings.